The molecule has 0 spiro atoms. The molecule has 1 heterocycles. The Labute approximate surface area is 114 Å². The van der Waals surface area contributed by atoms with Gasteiger partial charge in [0, 0.05) is 39.1 Å². The Bertz CT molecular complexity index is 307. The van der Waals surface area contributed by atoms with Crippen molar-refractivity contribution in [3.05, 3.63) is 0 Å². The van der Waals surface area contributed by atoms with Crippen molar-refractivity contribution in [2.24, 2.45) is 11.8 Å². The maximum absolute atomic E-state index is 12.0. The van der Waals surface area contributed by atoms with Crippen molar-refractivity contribution in [1.29, 1.82) is 0 Å². The molecule has 0 aliphatic carbocycles. The van der Waals surface area contributed by atoms with Gasteiger partial charge < -0.3 is 20.1 Å². The van der Waals surface area contributed by atoms with Gasteiger partial charge in [-0.2, -0.15) is 0 Å². The first-order valence-electron chi connectivity index (χ1n) is 6.76. The highest BCUT2D eigenvalue weighted by atomic mass is 16.5. The van der Waals surface area contributed by atoms with Crippen LogP contribution in [-0.2, 0) is 9.53 Å². The number of amides is 2. The van der Waals surface area contributed by atoms with E-state index >= 15 is 0 Å². The fraction of sp³-hybridized carbons (Fsp3) is 0.846. The number of hydrogen-bond acceptors (Lipinski definition) is 3. The van der Waals surface area contributed by atoms with Crippen molar-refractivity contribution in [2.45, 2.75) is 26.2 Å². The third-order valence-corrected chi connectivity index (χ3v) is 3.33. The molecule has 0 aromatic carbocycles. The SMILES string of the molecule is COCC1CCCN(C(=O)NCC(C)CC(=O)O)C1. The summed E-state index contributed by atoms with van der Waals surface area (Å²) in [5, 5.41) is 11.5. The standard InChI is InChI=1S/C13H24N2O4/c1-10(6-12(16)17)7-14-13(18)15-5-3-4-11(8-15)9-19-2/h10-11H,3-9H2,1-2H3,(H,14,18)(H,16,17). The van der Waals surface area contributed by atoms with E-state index in [-0.39, 0.29) is 18.4 Å². The number of piperidine rings is 1. The second-order valence-electron chi connectivity index (χ2n) is 5.30. The molecular weight excluding hydrogens is 248 g/mol. The van der Waals surface area contributed by atoms with Crippen molar-refractivity contribution in [1.82, 2.24) is 10.2 Å². The molecular formula is C13H24N2O4. The first-order valence-corrected chi connectivity index (χ1v) is 6.76. The number of likely N-dealkylation sites (tertiary alicyclic amines) is 1. The minimum atomic E-state index is -0.833. The fourth-order valence-corrected chi connectivity index (χ4v) is 2.36. The van der Waals surface area contributed by atoms with Crippen LogP contribution >= 0.6 is 0 Å². The van der Waals surface area contributed by atoms with Crippen LogP contribution in [0.5, 0.6) is 0 Å². The molecule has 2 N–H and O–H groups in total. The van der Waals surface area contributed by atoms with Crippen LogP contribution in [-0.4, -0.2) is 55.4 Å². The highest BCUT2D eigenvalue weighted by Crippen LogP contribution is 2.16. The van der Waals surface area contributed by atoms with Crippen LogP contribution in [0, 0.1) is 11.8 Å². The van der Waals surface area contributed by atoms with Crippen LogP contribution < -0.4 is 5.32 Å². The molecule has 0 radical (unpaired) electrons. The molecule has 6 heteroatoms. The topological polar surface area (TPSA) is 78.9 Å². The molecule has 19 heavy (non-hydrogen) atoms. The molecule has 6 nitrogen and oxygen atoms in total. The number of ether oxygens (including phenoxy) is 1. The lowest BCUT2D eigenvalue weighted by atomic mass is 9.99. The van der Waals surface area contributed by atoms with E-state index in [2.05, 4.69) is 5.32 Å². The molecule has 1 aliphatic heterocycles. The molecule has 1 rings (SSSR count). The Hall–Kier alpha value is -1.30. The Morgan fingerprint density at radius 2 is 2.26 bits per heavy atom. The number of aliphatic carboxylic acids is 1. The van der Waals surface area contributed by atoms with Gasteiger partial charge in [-0.15, -0.1) is 0 Å². The molecule has 1 aliphatic rings. The highest BCUT2D eigenvalue weighted by molar-refractivity contribution is 5.74. The summed E-state index contributed by atoms with van der Waals surface area (Å²) in [6.45, 7) is 4.38. The minimum absolute atomic E-state index is 0.0546. The summed E-state index contributed by atoms with van der Waals surface area (Å²) in [6.07, 6.45) is 2.16. The quantitative estimate of drug-likeness (QED) is 0.760. The lowest BCUT2D eigenvalue weighted by Gasteiger charge is -2.32. The Morgan fingerprint density at radius 3 is 2.89 bits per heavy atom. The van der Waals surface area contributed by atoms with Crippen molar-refractivity contribution in [3.63, 3.8) is 0 Å². The zero-order chi connectivity index (χ0) is 14.3. The van der Waals surface area contributed by atoms with E-state index in [0.29, 0.717) is 25.6 Å². The smallest absolute Gasteiger partial charge is 0.317 e. The predicted octanol–water partition coefficient (Wildman–Crippen LogP) is 1.17. The van der Waals surface area contributed by atoms with Crippen molar-refractivity contribution >= 4 is 12.0 Å². The van der Waals surface area contributed by atoms with Gasteiger partial charge in [0.1, 0.15) is 0 Å². The summed E-state index contributed by atoms with van der Waals surface area (Å²) in [5.74, 6) is -0.484. The highest BCUT2D eigenvalue weighted by Gasteiger charge is 2.23. The number of hydrogen-bond donors (Lipinski definition) is 2. The van der Waals surface area contributed by atoms with Gasteiger partial charge in [0.15, 0.2) is 0 Å². The molecule has 0 aromatic rings. The van der Waals surface area contributed by atoms with E-state index in [1.165, 1.54) is 0 Å². The van der Waals surface area contributed by atoms with Gasteiger partial charge in [0.25, 0.3) is 0 Å². The average Bonchev–Trinajstić information content (AvgIpc) is 2.36. The summed E-state index contributed by atoms with van der Waals surface area (Å²) in [7, 11) is 1.67. The maximum atomic E-state index is 12.0. The number of rotatable bonds is 6. The van der Waals surface area contributed by atoms with Crippen LogP contribution in [0.4, 0.5) is 4.79 Å². The zero-order valence-corrected chi connectivity index (χ0v) is 11.7. The van der Waals surface area contributed by atoms with Gasteiger partial charge in [0.05, 0.1) is 6.61 Å². The normalized spacial score (nSPS) is 20.9. The van der Waals surface area contributed by atoms with Crippen molar-refractivity contribution < 1.29 is 19.4 Å². The zero-order valence-electron chi connectivity index (χ0n) is 11.7. The average molecular weight is 272 g/mol. The fourth-order valence-electron chi connectivity index (χ4n) is 2.36. The summed E-state index contributed by atoms with van der Waals surface area (Å²) < 4.78 is 5.13. The molecule has 1 saturated heterocycles. The monoisotopic (exact) mass is 272 g/mol. The Balaban J connectivity index is 2.30. The summed E-state index contributed by atoms with van der Waals surface area (Å²) >= 11 is 0. The number of carboxylic acids is 1. The predicted molar refractivity (Wildman–Crippen MR) is 71.0 cm³/mol. The Kier molecular flexibility index (Phi) is 6.62. The van der Waals surface area contributed by atoms with Gasteiger partial charge in [-0.25, -0.2) is 4.79 Å². The number of urea groups is 1. The van der Waals surface area contributed by atoms with Gasteiger partial charge >= 0.3 is 12.0 Å². The number of carbonyl (C=O) groups is 2. The number of methoxy groups -OCH3 is 1. The molecule has 2 atom stereocenters. The van der Waals surface area contributed by atoms with Gasteiger partial charge in [-0.1, -0.05) is 6.92 Å². The van der Waals surface area contributed by atoms with Crippen LogP contribution in [0.2, 0.25) is 0 Å². The van der Waals surface area contributed by atoms with E-state index in [0.717, 1.165) is 19.4 Å². The van der Waals surface area contributed by atoms with E-state index in [1.54, 1.807) is 12.0 Å². The van der Waals surface area contributed by atoms with Crippen molar-refractivity contribution in [3.8, 4) is 0 Å². The van der Waals surface area contributed by atoms with Gasteiger partial charge in [0.2, 0.25) is 0 Å². The minimum Gasteiger partial charge on any atom is -0.481 e. The molecule has 2 unspecified atom stereocenters. The summed E-state index contributed by atoms with van der Waals surface area (Å²) in [4.78, 5) is 24.3. The van der Waals surface area contributed by atoms with E-state index < -0.39 is 5.97 Å². The first kappa shape index (κ1) is 15.8. The maximum Gasteiger partial charge on any atom is 0.317 e. The van der Waals surface area contributed by atoms with Crippen LogP contribution in [0.3, 0.4) is 0 Å². The van der Waals surface area contributed by atoms with Gasteiger partial charge in [-0.3, -0.25) is 4.79 Å². The third kappa shape index (κ3) is 5.92. The number of nitrogens with one attached hydrogen (secondary N) is 1. The Morgan fingerprint density at radius 1 is 1.53 bits per heavy atom. The molecule has 0 aromatic heterocycles. The molecule has 2 amide bonds. The molecule has 0 saturated carbocycles. The summed E-state index contributed by atoms with van der Waals surface area (Å²) in [6, 6.07) is -0.0990. The molecule has 0 bridgehead atoms. The molecule has 1 fully saturated rings. The summed E-state index contributed by atoms with van der Waals surface area (Å²) in [5.41, 5.74) is 0. The number of carbonyl (C=O) groups excluding carboxylic acids is 1. The second-order valence-corrected chi connectivity index (χ2v) is 5.30. The second kappa shape index (κ2) is 7.99. The largest absolute Gasteiger partial charge is 0.481 e. The van der Waals surface area contributed by atoms with E-state index in [4.69, 9.17) is 9.84 Å². The lowest BCUT2D eigenvalue weighted by molar-refractivity contribution is -0.137. The third-order valence-electron chi connectivity index (χ3n) is 3.33. The molecule has 110 valence electrons. The van der Waals surface area contributed by atoms with Crippen LogP contribution in [0.1, 0.15) is 26.2 Å². The van der Waals surface area contributed by atoms with E-state index in [1.807, 2.05) is 6.92 Å². The number of nitrogens with zero attached hydrogens (tertiary/aromatic N) is 1. The van der Waals surface area contributed by atoms with E-state index in [9.17, 15) is 9.59 Å². The van der Waals surface area contributed by atoms with Crippen LogP contribution in [0.25, 0.3) is 0 Å². The lowest BCUT2D eigenvalue weighted by Crippen LogP contribution is -2.47. The van der Waals surface area contributed by atoms with Crippen LogP contribution in [0.15, 0.2) is 0 Å². The van der Waals surface area contributed by atoms with Gasteiger partial charge in [-0.05, 0) is 18.8 Å². The first-order chi connectivity index (χ1) is 9.02. The van der Waals surface area contributed by atoms with Crippen molar-refractivity contribution in [2.75, 3.05) is 33.4 Å². The number of carboxylic acid groups (broad SMARTS) is 1.